The number of hydrogen-bond donors (Lipinski definition) is 1. The number of terminal acetylenes is 1. The molecule has 0 spiro atoms. The summed E-state index contributed by atoms with van der Waals surface area (Å²) in [7, 11) is 0. The molecule has 1 rings (SSSR count). The van der Waals surface area contributed by atoms with Crippen LogP contribution in [0.5, 0.6) is 5.75 Å². The lowest BCUT2D eigenvalue weighted by atomic mass is 10.2. The topological polar surface area (TPSA) is 38.3 Å². The molecule has 3 heteroatoms. The highest BCUT2D eigenvalue weighted by atomic mass is 16.5. The summed E-state index contributed by atoms with van der Waals surface area (Å²) in [6, 6.07) is 7.55. The molecule has 0 bridgehead atoms. The molecule has 0 saturated carbocycles. The van der Waals surface area contributed by atoms with Gasteiger partial charge in [-0.25, -0.2) is 0 Å². The minimum atomic E-state index is -0.157. The fourth-order valence-corrected chi connectivity index (χ4v) is 1.11. The first-order chi connectivity index (χ1) is 7.72. The van der Waals surface area contributed by atoms with Gasteiger partial charge in [0.15, 0.2) is 6.61 Å². The standard InChI is InChI=1S/C13H15NO2/c1-3-4-9-14-13(15)10-16-12-7-5-11(2)6-8-12/h1,5-8H,4,9-10H2,2H3,(H,14,15). The van der Waals surface area contributed by atoms with Gasteiger partial charge in [0.05, 0.1) is 0 Å². The molecule has 0 atom stereocenters. The lowest BCUT2D eigenvalue weighted by molar-refractivity contribution is -0.123. The summed E-state index contributed by atoms with van der Waals surface area (Å²) in [5, 5.41) is 2.66. The molecular weight excluding hydrogens is 202 g/mol. The molecule has 3 nitrogen and oxygen atoms in total. The monoisotopic (exact) mass is 217 g/mol. The van der Waals surface area contributed by atoms with Crippen molar-refractivity contribution in [3.8, 4) is 18.1 Å². The molecule has 0 aromatic heterocycles. The van der Waals surface area contributed by atoms with Crippen molar-refractivity contribution in [3.63, 3.8) is 0 Å². The van der Waals surface area contributed by atoms with Crippen LogP contribution in [0.25, 0.3) is 0 Å². The van der Waals surface area contributed by atoms with E-state index >= 15 is 0 Å². The number of carbonyl (C=O) groups is 1. The van der Waals surface area contributed by atoms with E-state index in [0.717, 1.165) is 5.56 Å². The van der Waals surface area contributed by atoms with Gasteiger partial charge in [0.25, 0.3) is 5.91 Å². The Balaban J connectivity index is 2.26. The summed E-state index contributed by atoms with van der Waals surface area (Å²) in [5.41, 5.74) is 1.16. The van der Waals surface area contributed by atoms with Crippen molar-refractivity contribution in [2.75, 3.05) is 13.2 Å². The van der Waals surface area contributed by atoms with E-state index in [4.69, 9.17) is 11.2 Å². The summed E-state index contributed by atoms with van der Waals surface area (Å²) in [4.78, 5) is 11.3. The smallest absolute Gasteiger partial charge is 0.257 e. The summed E-state index contributed by atoms with van der Waals surface area (Å²) < 4.78 is 5.29. The van der Waals surface area contributed by atoms with E-state index in [1.54, 1.807) is 0 Å². The van der Waals surface area contributed by atoms with Crippen LogP contribution in [0.2, 0.25) is 0 Å². The minimum absolute atomic E-state index is 0.0215. The maximum Gasteiger partial charge on any atom is 0.257 e. The maximum absolute atomic E-state index is 11.3. The molecule has 0 aliphatic heterocycles. The molecule has 1 aromatic rings. The number of benzene rings is 1. The van der Waals surface area contributed by atoms with Gasteiger partial charge in [-0.3, -0.25) is 4.79 Å². The normalized spacial score (nSPS) is 9.25. The van der Waals surface area contributed by atoms with E-state index in [1.165, 1.54) is 0 Å². The lowest BCUT2D eigenvalue weighted by Gasteiger charge is -2.06. The number of ether oxygens (including phenoxy) is 1. The Morgan fingerprint density at radius 2 is 2.12 bits per heavy atom. The third-order valence-corrected chi connectivity index (χ3v) is 1.98. The van der Waals surface area contributed by atoms with Crippen molar-refractivity contribution < 1.29 is 9.53 Å². The number of amides is 1. The average molecular weight is 217 g/mol. The van der Waals surface area contributed by atoms with E-state index in [-0.39, 0.29) is 12.5 Å². The van der Waals surface area contributed by atoms with Crippen LogP contribution < -0.4 is 10.1 Å². The van der Waals surface area contributed by atoms with Crippen LogP contribution >= 0.6 is 0 Å². The molecule has 16 heavy (non-hydrogen) atoms. The summed E-state index contributed by atoms with van der Waals surface area (Å²) in [6.07, 6.45) is 5.60. The highest BCUT2D eigenvalue weighted by Crippen LogP contribution is 2.10. The highest BCUT2D eigenvalue weighted by molar-refractivity contribution is 5.77. The largest absolute Gasteiger partial charge is 0.484 e. The third kappa shape index (κ3) is 4.52. The predicted molar refractivity (Wildman–Crippen MR) is 63.1 cm³/mol. The Bertz CT molecular complexity index is 376. The third-order valence-electron chi connectivity index (χ3n) is 1.98. The van der Waals surface area contributed by atoms with E-state index < -0.39 is 0 Å². The molecule has 1 amide bonds. The van der Waals surface area contributed by atoms with Crippen LogP contribution in [0.15, 0.2) is 24.3 Å². The van der Waals surface area contributed by atoms with Gasteiger partial charge in [0.2, 0.25) is 0 Å². The van der Waals surface area contributed by atoms with Crippen LogP contribution in [-0.4, -0.2) is 19.1 Å². The second-order valence-corrected chi connectivity index (χ2v) is 3.41. The van der Waals surface area contributed by atoms with E-state index in [2.05, 4.69) is 11.2 Å². The van der Waals surface area contributed by atoms with Gasteiger partial charge in [0, 0.05) is 13.0 Å². The predicted octanol–water partition coefficient (Wildman–Crippen LogP) is 1.51. The van der Waals surface area contributed by atoms with Crippen molar-refractivity contribution in [3.05, 3.63) is 29.8 Å². The molecule has 0 fully saturated rings. The fourth-order valence-electron chi connectivity index (χ4n) is 1.11. The Morgan fingerprint density at radius 1 is 1.44 bits per heavy atom. The average Bonchev–Trinajstić information content (AvgIpc) is 2.29. The molecule has 0 saturated heterocycles. The molecule has 1 N–H and O–H groups in total. The molecule has 1 aromatic carbocycles. The van der Waals surface area contributed by atoms with Gasteiger partial charge in [-0.2, -0.15) is 0 Å². The maximum atomic E-state index is 11.3. The number of hydrogen-bond acceptors (Lipinski definition) is 2. The van der Waals surface area contributed by atoms with Crippen LogP contribution in [0, 0.1) is 19.3 Å². The van der Waals surface area contributed by atoms with E-state index in [0.29, 0.717) is 18.7 Å². The van der Waals surface area contributed by atoms with Crippen molar-refractivity contribution in [2.45, 2.75) is 13.3 Å². The molecule has 0 radical (unpaired) electrons. The van der Waals surface area contributed by atoms with Crippen LogP contribution in [0.4, 0.5) is 0 Å². The number of carbonyl (C=O) groups excluding carboxylic acids is 1. The molecule has 0 heterocycles. The van der Waals surface area contributed by atoms with Crippen molar-refractivity contribution in [1.82, 2.24) is 5.32 Å². The minimum Gasteiger partial charge on any atom is -0.484 e. The Morgan fingerprint density at radius 3 is 2.75 bits per heavy atom. The van der Waals surface area contributed by atoms with Gasteiger partial charge in [0.1, 0.15) is 5.75 Å². The lowest BCUT2D eigenvalue weighted by Crippen LogP contribution is -2.29. The Hall–Kier alpha value is -1.95. The zero-order valence-electron chi connectivity index (χ0n) is 9.32. The SMILES string of the molecule is C#CCCNC(=O)COc1ccc(C)cc1. The van der Waals surface area contributed by atoms with Gasteiger partial charge in [-0.15, -0.1) is 12.3 Å². The zero-order valence-corrected chi connectivity index (χ0v) is 9.32. The number of nitrogens with one attached hydrogen (secondary N) is 1. The first-order valence-corrected chi connectivity index (χ1v) is 5.12. The van der Waals surface area contributed by atoms with Gasteiger partial charge in [-0.1, -0.05) is 17.7 Å². The van der Waals surface area contributed by atoms with E-state index in [9.17, 15) is 4.79 Å². The fraction of sp³-hybridized carbons (Fsp3) is 0.308. The van der Waals surface area contributed by atoms with Crippen molar-refractivity contribution in [1.29, 1.82) is 0 Å². The van der Waals surface area contributed by atoms with Crippen LogP contribution in [0.3, 0.4) is 0 Å². The zero-order chi connectivity index (χ0) is 11.8. The van der Waals surface area contributed by atoms with Crippen LogP contribution in [0.1, 0.15) is 12.0 Å². The number of rotatable bonds is 5. The van der Waals surface area contributed by atoms with Crippen molar-refractivity contribution >= 4 is 5.91 Å². The second kappa shape index (κ2) is 6.52. The molecule has 84 valence electrons. The molecule has 0 aliphatic carbocycles. The molecule has 0 aliphatic rings. The molecule has 0 unspecified atom stereocenters. The van der Waals surface area contributed by atoms with E-state index in [1.807, 2.05) is 31.2 Å². The first kappa shape index (κ1) is 12.1. The van der Waals surface area contributed by atoms with Gasteiger partial charge >= 0.3 is 0 Å². The highest BCUT2D eigenvalue weighted by Gasteiger charge is 2.00. The quantitative estimate of drug-likeness (QED) is 0.599. The van der Waals surface area contributed by atoms with Gasteiger partial charge < -0.3 is 10.1 Å². The van der Waals surface area contributed by atoms with Crippen LogP contribution in [-0.2, 0) is 4.79 Å². The summed E-state index contributed by atoms with van der Waals surface area (Å²) in [6.45, 7) is 2.51. The summed E-state index contributed by atoms with van der Waals surface area (Å²) in [5.74, 6) is 2.98. The van der Waals surface area contributed by atoms with Gasteiger partial charge in [-0.05, 0) is 19.1 Å². The Kier molecular flexibility index (Phi) is 4.94. The number of aryl methyl sites for hydroxylation is 1. The van der Waals surface area contributed by atoms with Crippen molar-refractivity contribution in [2.24, 2.45) is 0 Å². The summed E-state index contributed by atoms with van der Waals surface area (Å²) >= 11 is 0. The second-order valence-electron chi connectivity index (χ2n) is 3.41. The Labute approximate surface area is 95.8 Å². The molecular formula is C13H15NO2. The first-order valence-electron chi connectivity index (χ1n) is 5.12.